The van der Waals surface area contributed by atoms with Crippen molar-refractivity contribution in [2.45, 2.75) is 6.92 Å². The van der Waals surface area contributed by atoms with E-state index in [1.165, 1.54) is 0 Å². The van der Waals surface area contributed by atoms with E-state index in [9.17, 15) is 4.79 Å². The molecule has 0 atom stereocenters. The molecule has 2 aromatic rings. The van der Waals surface area contributed by atoms with Crippen LogP contribution in [0.15, 0.2) is 24.4 Å². The van der Waals surface area contributed by atoms with Gasteiger partial charge in [-0.25, -0.2) is 0 Å². The van der Waals surface area contributed by atoms with Crippen molar-refractivity contribution in [3.8, 4) is 11.4 Å². The molecule has 2 aromatic heterocycles. The van der Waals surface area contributed by atoms with Crippen molar-refractivity contribution >= 4 is 5.91 Å². The first-order valence-electron chi connectivity index (χ1n) is 4.45. The van der Waals surface area contributed by atoms with Crippen molar-refractivity contribution in [2.75, 3.05) is 0 Å². The van der Waals surface area contributed by atoms with Crippen LogP contribution in [-0.2, 0) is 0 Å². The van der Waals surface area contributed by atoms with E-state index in [4.69, 9.17) is 5.73 Å². The van der Waals surface area contributed by atoms with Gasteiger partial charge in [-0.3, -0.25) is 14.9 Å². The van der Waals surface area contributed by atoms with Gasteiger partial charge in [0, 0.05) is 6.20 Å². The molecule has 0 saturated heterocycles. The molecule has 0 aliphatic rings. The van der Waals surface area contributed by atoms with Crippen LogP contribution < -0.4 is 5.73 Å². The molecule has 0 unspecified atom stereocenters. The number of rotatable bonds is 2. The summed E-state index contributed by atoms with van der Waals surface area (Å²) in [6.45, 7) is 1.97. The SMILES string of the molecule is Cc1ccnc(-c2cc(C(N)=O)[nH]n2)c1. The molecule has 0 saturated carbocycles. The Bertz CT molecular complexity index is 504. The van der Waals surface area contributed by atoms with Gasteiger partial charge in [-0.15, -0.1) is 0 Å². The number of carbonyl (C=O) groups excluding carboxylic acids is 1. The largest absolute Gasteiger partial charge is 0.364 e. The molecular formula is C10H10N4O. The molecular weight excluding hydrogens is 192 g/mol. The van der Waals surface area contributed by atoms with E-state index in [1.54, 1.807) is 12.3 Å². The minimum atomic E-state index is -0.526. The quantitative estimate of drug-likeness (QED) is 0.758. The fourth-order valence-electron chi connectivity index (χ4n) is 1.26. The molecule has 0 aliphatic heterocycles. The molecule has 0 aromatic carbocycles. The third-order valence-corrected chi connectivity index (χ3v) is 2.02. The average Bonchev–Trinajstić information content (AvgIpc) is 2.66. The van der Waals surface area contributed by atoms with Crippen LogP contribution in [0.5, 0.6) is 0 Å². The van der Waals surface area contributed by atoms with Crippen molar-refractivity contribution < 1.29 is 4.79 Å². The van der Waals surface area contributed by atoms with Crippen LogP contribution in [0.4, 0.5) is 0 Å². The molecule has 15 heavy (non-hydrogen) atoms. The molecule has 2 heterocycles. The summed E-state index contributed by atoms with van der Waals surface area (Å²) in [5.41, 5.74) is 7.82. The van der Waals surface area contributed by atoms with Gasteiger partial charge in [0.2, 0.25) is 0 Å². The molecule has 0 fully saturated rings. The summed E-state index contributed by atoms with van der Waals surface area (Å²) < 4.78 is 0. The minimum absolute atomic E-state index is 0.285. The number of nitrogens with zero attached hydrogens (tertiary/aromatic N) is 2. The molecule has 5 nitrogen and oxygen atoms in total. The molecule has 2 rings (SSSR count). The number of hydrogen-bond donors (Lipinski definition) is 2. The van der Waals surface area contributed by atoms with Gasteiger partial charge in [0.1, 0.15) is 11.4 Å². The second-order valence-corrected chi connectivity index (χ2v) is 3.25. The van der Waals surface area contributed by atoms with Gasteiger partial charge in [-0.1, -0.05) is 0 Å². The number of nitrogens with two attached hydrogens (primary N) is 1. The zero-order valence-corrected chi connectivity index (χ0v) is 8.19. The van der Waals surface area contributed by atoms with Gasteiger partial charge in [0.15, 0.2) is 0 Å². The maximum Gasteiger partial charge on any atom is 0.266 e. The van der Waals surface area contributed by atoms with Crippen LogP contribution in [0.1, 0.15) is 16.1 Å². The second-order valence-electron chi connectivity index (χ2n) is 3.25. The summed E-state index contributed by atoms with van der Waals surface area (Å²) >= 11 is 0. The number of nitrogens with one attached hydrogen (secondary N) is 1. The van der Waals surface area contributed by atoms with Crippen LogP contribution >= 0.6 is 0 Å². The molecule has 0 spiro atoms. The van der Waals surface area contributed by atoms with Gasteiger partial charge >= 0.3 is 0 Å². The van der Waals surface area contributed by atoms with E-state index in [2.05, 4.69) is 15.2 Å². The third kappa shape index (κ3) is 1.85. The zero-order chi connectivity index (χ0) is 10.8. The third-order valence-electron chi connectivity index (χ3n) is 2.02. The predicted molar refractivity (Wildman–Crippen MR) is 55.1 cm³/mol. The predicted octanol–water partition coefficient (Wildman–Crippen LogP) is 0.879. The normalized spacial score (nSPS) is 10.2. The number of carbonyl (C=O) groups is 1. The molecule has 0 aliphatic carbocycles. The number of aromatic nitrogens is 3. The summed E-state index contributed by atoms with van der Waals surface area (Å²) in [5, 5.41) is 6.52. The Hall–Kier alpha value is -2.17. The number of H-pyrrole nitrogens is 1. The standard InChI is InChI=1S/C10H10N4O/c1-6-2-3-12-7(4-6)8-5-9(10(11)15)14-13-8/h2-5H,1H3,(H2,11,15)(H,13,14). The van der Waals surface area contributed by atoms with Crippen molar-refractivity contribution in [3.05, 3.63) is 35.7 Å². The first kappa shape index (κ1) is 9.39. The molecule has 3 N–H and O–H groups in total. The van der Waals surface area contributed by atoms with Gasteiger partial charge in [0.05, 0.1) is 5.69 Å². The Balaban J connectivity index is 2.41. The first-order chi connectivity index (χ1) is 7.16. The Morgan fingerprint density at radius 2 is 2.20 bits per heavy atom. The topological polar surface area (TPSA) is 84.7 Å². The lowest BCUT2D eigenvalue weighted by Gasteiger charge is -1.95. The fourth-order valence-corrected chi connectivity index (χ4v) is 1.26. The van der Waals surface area contributed by atoms with E-state index in [-0.39, 0.29) is 5.69 Å². The van der Waals surface area contributed by atoms with E-state index in [1.807, 2.05) is 19.1 Å². The molecule has 1 amide bonds. The fraction of sp³-hybridized carbons (Fsp3) is 0.100. The van der Waals surface area contributed by atoms with Crippen LogP contribution in [0.25, 0.3) is 11.4 Å². The summed E-state index contributed by atoms with van der Waals surface area (Å²) in [5.74, 6) is -0.526. The van der Waals surface area contributed by atoms with Gasteiger partial charge in [-0.2, -0.15) is 5.10 Å². The number of pyridine rings is 1. The van der Waals surface area contributed by atoms with Crippen LogP contribution in [0.2, 0.25) is 0 Å². The summed E-state index contributed by atoms with van der Waals surface area (Å²) in [7, 11) is 0. The van der Waals surface area contributed by atoms with Gasteiger partial charge in [0.25, 0.3) is 5.91 Å². The Labute approximate surface area is 86.3 Å². The highest BCUT2D eigenvalue weighted by Gasteiger charge is 2.08. The molecule has 0 bridgehead atoms. The Morgan fingerprint density at radius 3 is 2.80 bits per heavy atom. The van der Waals surface area contributed by atoms with Crippen molar-refractivity contribution in [1.29, 1.82) is 0 Å². The second kappa shape index (κ2) is 3.53. The van der Waals surface area contributed by atoms with E-state index < -0.39 is 5.91 Å². The van der Waals surface area contributed by atoms with Crippen molar-refractivity contribution in [2.24, 2.45) is 5.73 Å². The number of aromatic amines is 1. The van der Waals surface area contributed by atoms with E-state index in [0.29, 0.717) is 5.69 Å². The smallest absolute Gasteiger partial charge is 0.266 e. The Morgan fingerprint density at radius 1 is 1.40 bits per heavy atom. The van der Waals surface area contributed by atoms with Crippen LogP contribution in [0.3, 0.4) is 0 Å². The van der Waals surface area contributed by atoms with E-state index in [0.717, 1.165) is 11.3 Å². The number of aryl methyl sites for hydroxylation is 1. The zero-order valence-electron chi connectivity index (χ0n) is 8.19. The Kier molecular flexibility index (Phi) is 2.21. The van der Waals surface area contributed by atoms with Gasteiger partial charge in [-0.05, 0) is 30.7 Å². The van der Waals surface area contributed by atoms with Crippen molar-refractivity contribution in [1.82, 2.24) is 15.2 Å². The highest BCUT2D eigenvalue weighted by atomic mass is 16.1. The van der Waals surface area contributed by atoms with Crippen LogP contribution in [0, 0.1) is 6.92 Å². The average molecular weight is 202 g/mol. The first-order valence-corrected chi connectivity index (χ1v) is 4.45. The van der Waals surface area contributed by atoms with Crippen molar-refractivity contribution in [3.63, 3.8) is 0 Å². The monoisotopic (exact) mass is 202 g/mol. The maximum absolute atomic E-state index is 10.8. The minimum Gasteiger partial charge on any atom is -0.364 e. The lowest BCUT2D eigenvalue weighted by molar-refractivity contribution is 0.0995. The highest BCUT2D eigenvalue weighted by Crippen LogP contribution is 2.15. The van der Waals surface area contributed by atoms with Crippen LogP contribution in [-0.4, -0.2) is 21.1 Å². The summed E-state index contributed by atoms with van der Waals surface area (Å²) in [6, 6.07) is 5.37. The molecule has 76 valence electrons. The number of amides is 1. The maximum atomic E-state index is 10.8. The summed E-state index contributed by atoms with van der Waals surface area (Å²) in [4.78, 5) is 15.0. The summed E-state index contributed by atoms with van der Waals surface area (Å²) in [6.07, 6.45) is 1.70. The molecule has 0 radical (unpaired) electrons. The molecule has 5 heteroatoms. The lowest BCUT2D eigenvalue weighted by atomic mass is 10.2. The lowest BCUT2D eigenvalue weighted by Crippen LogP contribution is -2.10. The number of primary amides is 1. The highest BCUT2D eigenvalue weighted by molar-refractivity contribution is 5.91. The number of hydrogen-bond acceptors (Lipinski definition) is 3. The van der Waals surface area contributed by atoms with Gasteiger partial charge < -0.3 is 5.73 Å². The van der Waals surface area contributed by atoms with E-state index >= 15 is 0 Å².